The van der Waals surface area contributed by atoms with Crippen LogP contribution in [0.5, 0.6) is 5.75 Å². The van der Waals surface area contributed by atoms with Crippen molar-refractivity contribution < 1.29 is 57.2 Å². The zero-order valence-corrected chi connectivity index (χ0v) is 39.9. The molecule has 0 radical (unpaired) electrons. The quantitative estimate of drug-likeness (QED) is 0.0581. The van der Waals surface area contributed by atoms with Crippen LogP contribution in [-0.2, 0) is 42.9 Å². The Hall–Kier alpha value is -5.54. The number of benzene rings is 2. The Labute approximate surface area is 402 Å². The first-order valence-electron chi connectivity index (χ1n) is 22.7. The third-order valence-electron chi connectivity index (χ3n) is 11.6. The molecule has 5 heterocycles. The molecule has 1 N–H and O–H groups in total. The fourth-order valence-corrected chi connectivity index (χ4v) is 9.35. The predicted octanol–water partition coefficient (Wildman–Crippen LogP) is 5.45. The Morgan fingerprint density at radius 1 is 0.765 bits per heavy atom. The van der Waals surface area contributed by atoms with E-state index < -0.39 is 35.7 Å². The van der Waals surface area contributed by atoms with Crippen LogP contribution in [-0.4, -0.2) is 139 Å². The number of nitrogens with zero attached hydrogens (tertiary/aromatic N) is 5. The maximum atomic E-state index is 13.3. The topological polar surface area (TPSA) is 216 Å². The van der Waals surface area contributed by atoms with E-state index in [1.807, 2.05) is 35.8 Å². The lowest BCUT2D eigenvalue weighted by Gasteiger charge is -2.27. The molecule has 0 bridgehead atoms. The number of fused-ring (bicyclic) bond motifs is 4. The van der Waals surface area contributed by atoms with Gasteiger partial charge in [-0.3, -0.25) is 48.5 Å². The molecule has 3 aliphatic rings. The summed E-state index contributed by atoms with van der Waals surface area (Å²) >= 11 is 7.90. The van der Waals surface area contributed by atoms with Gasteiger partial charge in [0.05, 0.1) is 69.7 Å². The second-order valence-corrected chi connectivity index (χ2v) is 18.0. The lowest BCUT2D eigenvalue weighted by Crippen LogP contribution is -2.54. The Kier molecular flexibility index (Phi) is 17.9. The Morgan fingerprint density at radius 3 is 2.01 bits per heavy atom. The van der Waals surface area contributed by atoms with Gasteiger partial charge < -0.3 is 28.4 Å². The van der Waals surface area contributed by atoms with Crippen molar-refractivity contribution in [3.8, 4) is 10.8 Å². The number of imide groups is 2. The number of aliphatic imine (C=N–C) groups is 1. The van der Waals surface area contributed by atoms with E-state index in [2.05, 4.69) is 29.4 Å². The standard InChI is InChI=1S/C48H55ClN6O12S/c1-29-30(2)68-48-41(29)43(32-11-13-33(49)14-12-32)50-37(44-53-52-31(3)54(44)48)27-34(56)7-5-17-62-19-21-64-23-25-66-26-24-65-22-20-63-18-6-8-35(57)28-67-39-10-4-9-36-42(39)47(61)55(46(36)60)38-15-16-40(58)51-45(38)59/h4,9-14,37-38H,5-8,15-28H2,1-3H3,(H,51,58,59)/t37-,38?/m0/s1. The van der Waals surface area contributed by atoms with Gasteiger partial charge in [-0.25, -0.2) is 0 Å². The molecule has 18 nitrogen and oxygen atoms in total. The van der Waals surface area contributed by atoms with Crippen molar-refractivity contribution in [2.45, 2.75) is 77.8 Å². The number of aromatic nitrogens is 3. The number of amides is 4. The number of rotatable bonds is 27. The molecule has 3 aliphatic heterocycles. The van der Waals surface area contributed by atoms with Gasteiger partial charge in [-0.1, -0.05) is 29.8 Å². The van der Waals surface area contributed by atoms with Crippen molar-refractivity contribution in [3.63, 3.8) is 0 Å². The van der Waals surface area contributed by atoms with Crippen LogP contribution in [0.15, 0.2) is 47.5 Å². The molecule has 7 rings (SSSR count). The average Bonchev–Trinajstić information content (AvgIpc) is 3.90. The van der Waals surface area contributed by atoms with E-state index in [-0.39, 0.29) is 60.7 Å². The first-order valence-corrected chi connectivity index (χ1v) is 23.9. The highest BCUT2D eigenvalue weighted by molar-refractivity contribution is 7.15. The maximum absolute atomic E-state index is 13.3. The summed E-state index contributed by atoms with van der Waals surface area (Å²) in [4.78, 5) is 83.1. The van der Waals surface area contributed by atoms with Crippen molar-refractivity contribution in [1.82, 2.24) is 25.0 Å². The van der Waals surface area contributed by atoms with E-state index in [0.29, 0.717) is 96.2 Å². The summed E-state index contributed by atoms with van der Waals surface area (Å²) in [5.41, 5.74) is 3.98. The number of thiophene rings is 1. The third-order valence-corrected chi connectivity index (χ3v) is 13.0. The van der Waals surface area contributed by atoms with Gasteiger partial charge in [0.15, 0.2) is 11.6 Å². The number of carbonyl (C=O) groups excluding carboxylic acids is 6. The van der Waals surface area contributed by atoms with Gasteiger partial charge in [-0.15, -0.1) is 21.5 Å². The normalized spacial score (nSPS) is 16.6. The highest BCUT2D eigenvalue weighted by atomic mass is 35.5. The highest BCUT2D eigenvalue weighted by Gasteiger charge is 2.46. The van der Waals surface area contributed by atoms with Crippen molar-refractivity contribution in [2.75, 3.05) is 72.7 Å². The predicted molar refractivity (Wildman–Crippen MR) is 249 cm³/mol. The smallest absolute Gasteiger partial charge is 0.266 e. The maximum Gasteiger partial charge on any atom is 0.266 e. The third kappa shape index (κ3) is 12.4. The molecule has 4 amide bonds. The summed E-state index contributed by atoms with van der Waals surface area (Å²) in [6, 6.07) is 10.5. The summed E-state index contributed by atoms with van der Waals surface area (Å²) < 4.78 is 35.6. The lowest BCUT2D eigenvalue weighted by atomic mass is 9.99. The van der Waals surface area contributed by atoms with Crippen molar-refractivity contribution in [3.05, 3.63) is 91.8 Å². The van der Waals surface area contributed by atoms with Crippen LogP contribution < -0.4 is 10.1 Å². The molecule has 1 unspecified atom stereocenters. The largest absolute Gasteiger partial charge is 0.485 e. The molecule has 362 valence electrons. The van der Waals surface area contributed by atoms with Crippen LogP contribution in [0.4, 0.5) is 0 Å². The van der Waals surface area contributed by atoms with Gasteiger partial charge in [0, 0.05) is 59.9 Å². The molecule has 0 saturated carbocycles. The van der Waals surface area contributed by atoms with Gasteiger partial charge in [0.1, 0.15) is 41.0 Å². The van der Waals surface area contributed by atoms with Crippen LogP contribution >= 0.6 is 22.9 Å². The van der Waals surface area contributed by atoms with Crippen molar-refractivity contribution in [2.24, 2.45) is 4.99 Å². The molecular weight excluding hydrogens is 920 g/mol. The fraction of sp³-hybridized carbons (Fsp3) is 0.479. The summed E-state index contributed by atoms with van der Waals surface area (Å²) in [5.74, 6) is -1.18. The molecule has 0 spiro atoms. The monoisotopic (exact) mass is 974 g/mol. The van der Waals surface area contributed by atoms with Crippen LogP contribution in [0.3, 0.4) is 0 Å². The van der Waals surface area contributed by atoms with E-state index in [0.717, 1.165) is 38.1 Å². The number of piperidine rings is 1. The number of ether oxygens (including phenoxy) is 6. The molecule has 2 aromatic carbocycles. The highest BCUT2D eigenvalue weighted by Crippen LogP contribution is 2.40. The SMILES string of the molecule is Cc1sc2c(c1C)C(c1ccc(Cl)cc1)=N[C@@H](CC(=O)CCCOCCOCCOCCOCCOCCCC(=O)COc1cccc3c1C(=O)N(C1CCC(=O)NC1=O)C3=O)c1nnc(C)n1-2. The zero-order chi connectivity index (χ0) is 48.2. The number of Topliss-reactive ketones (excluding diaryl/α,β-unsaturated/α-hetero) is 2. The Balaban J connectivity index is 0.683. The van der Waals surface area contributed by atoms with E-state index >= 15 is 0 Å². The average molecular weight is 976 g/mol. The van der Waals surface area contributed by atoms with Gasteiger partial charge >= 0.3 is 0 Å². The molecule has 20 heteroatoms. The summed E-state index contributed by atoms with van der Waals surface area (Å²) in [5, 5.41) is 12.7. The number of nitrogens with one attached hydrogen (secondary N) is 1. The van der Waals surface area contributed by atoms with E-state index in [1.165, 1.54) is 23.1 Å². The Morgan fingerprint density at radius 2 is 1.38 bits per heavy atom. The number of ketones is 2. The molecule has 4 aromatic rings. The van der Waals surface area contributed by atoms with Gasteiger partial charge in [-0.2, -0.15) is 0 Å². The number of aryl methyl sites for hydroxylation is 2. The van der Waals surface area contributed by atoms with Crippen LogP contribution in [0.2, 0.25) is 5.02 Å². The number of carbonyl (C=O) groups is 6. The molecule has 0 aliphatic carbocycles. The minimum absolute atomic E-state index is 0.00686. The molecule has 1 saturated heterocycles. The van der Waals surface area contributed by atoms with E-state index in [9.17, 15) is 28.8 Å². The van der Waals surface area contributed by atoms with Crippen molar-refractivity contribution >= 4 is 63.8 Å². The molecular formula is C48H55ClN6O12S. The number of hydrogen-bond donors (Lipinski definition) is 1. The second kappa shape index (κ2) is 24.1. The second-order valence-electron chi connectivity index (χ2n) is 16.4. The Bertz CT molecular complexity index is 2520. The first-order chi connectivity index (χ1) is 32.9. The molecule has 2 aromatic heterocycles. The van der Waals surface area contributed by atoms with Gasteiger partial charge in [0.25, 0.3) is 11.8 Å². The molecule has 1 fully saturated rings. The fourth-order valence-electron chi connectivity index (χ4n) is 8.01. The summed E-state index contributed by atoms with van der Waals surface area (Å²) in [6.45, 7) is 9.65. The molecule has 68 heavy (non-hydrogen) atoms. The number of hydrogen-bond acceptors (Lipinski definition) is 16. The molecule has 2 atom stereocenters. The van der Waals surface area contributed by atoms with E-state index in [4.69, 9.17) is 45.0 Å². The zero-order valence-electron chi connectivity index (χ0n) is 38.3. The van der Waals surface area contributed by atoms with E-state index in [1.54, 1.807) is 11.3 Å². The summed E-state index contributed by atoms with van der Waals surface area (Å²) in [7, 11) is 0. The van der Waals surface area contributed by atoms with Crippen LogP contribution in [0.25, 0.3) is 5.00 Å². The number of halogens is 1. The lowest BCUT2D eigenvalue weighted by molar-refractivity contribution is -0.136. The van der Waals surface area contributed by atoms with Crippen molar-refractivity contribution in [1.29, 1.82) is 0 Å². The van der Waals surface area contributed by atoms with Gasteiger partial charge in [0.2, 0.25) is 11.8 Å². The minimum atomic E-state index is -1.10. The van der Waals surface area contributed by atoms with Crippen LogP contribution in [0, 0.1) is 20.8 Å². The first kappa shape index (κ1) is 50.3. The summed E-state index contributed by atoms with van der Waals surface area (Å²) in [6.07, 6.45) is 1.81. The van der Waals surface area contributed by atoms with Gasteiger partial charge in [-0.05, 0) is 69.9 Å². The minimum Gasteiger partial charge on any atom is -0.485 e. The van der Waals surface area contributed by atoms with Crippen LogP contribution in [0.1, 0.15) is 105 Å².